The quantitative estimate of drug-likeness (QED) is 0.169. The minimum Gasteiger partial charge on any atom is -0.505 e. The number of nitro benzene ring substituents is 2. The zero-order valence-electron chi connectivity index (χ0n) is 23.7. The van der Waals surface area contributed by atoms with E-state index in [-0.39, 0.29) is 30.3 Å². The molecule has 0 atom stereocenters. The van der Waals surface area contributed by atoms with Crippen molar-refractivity contribution in [3.8, 4) is 34.0 Å². The number of hydrogen-bond donors (Lipinski definition) is 2. The number of aromatic hydroxyl groups is 1. The molecule has 4 aromatic carbocycles. The van der Waals surface area contributed by atoms with E-state index in [2.05, 4.69) is 10.2 Å². The van der Waals surface area contributed by atoms with Gasteiger partial charge in [-0.3, -0.25) is 29.6 Å². The largest absolute Gasteiger partial charge is 0.505 e. The Kier molecular flexibility index (Phi) is 8.36. The van der Waals surface area contributed by atoms with E-state index in [1.165, 1.54) is 54.6 Å². The standard InChI is InChI=1S/C16H14FN3O4.C14H10FN3O3/c1-19-14-5-3-11(20(22)23)9-12(14)16(18-19)10-2-4-13(17)15(8-10)24-7-6-21;1-17-12-5-3-9(18(20)21)7-10(12)14(16-17)8-2-4-11(15)13(19)6-8/h2-5,8-9,21H,6-7H2,1H3;2-7,19H,1H3. The van der Waals surface area contributed by atoms with Gasteiger partial charge in [-0.15, -0.1) is 0 Å². The first-order valence-electron chi connectivity index (χ1n) is 13.2. The number of hydrogen-bond acceptors (Lipinski definition) is 9. The lowest BCUT2D eigenvalue weighted by molar-refractivity contribution is -0.384. The van der Waals surface area contributed by atoms with Crippen LogP contribution in [0.3, 0.4) is 0 Å². The van der Waals surface area contributed by atoms with Crippen LogP contribution in [0.2, 0.25) is 0 Å². The van der Waals surface area contributed by atoms with E-state index < -0.39 is 27.2 Å². The van der Waals surface area contributed by atoms with E-state index in [1.807, 2.05) is 0 Å². The molecule has 15 heteroatoms. The number of halogens is 2. The number of aromatic nitrogens is 4. The third-order valence-corrected chi connectivity index (χ3v) is 6.86. The summed E-state index contributed by atoms with van der Waals surface area (Å²) in [6, 6.07) is 17.0. The van der Waals surface area contributed by atoms with Crippen molar-refractivity contribution in [2.75, 3.05) is 13.2 Å². The maximum absolute atomic E-state index is 13.8. The molecule has 2 heterocycles. The molecule has 6 rings (SSSR count). The predicted molar refractivity (Wildman–Crippen MR) is 160 cm³/mol. The second-order valence-corrected chi connectivity index (χ2v) is 9.75. The van der Waals surface area contributed by atoms with Gasteiger partial charge >= 0.3 is 0 Å². The van der Waals surface area contributed by atoms with E-state index in [0.29, 0.717) is 38.8 Å². The molecule has 0 spiro atoms. The fraction of sp³-hybridized carbons (Fsp3) is 0.133. The first kappa shape index (κ1) is 30.5. The van der Waals surface area contributed by atoms with Gasteiger partial charge in [0.25, 0.3) is 11.4 Å². The highest BCUT2D eigenvalue weighted by molar-refractivity contribution is 5.95. The van der Waals surface area contributed by atoms with Crippen LogP contribution in [0.1, 0.15) is 0 Å². The number of benzene rings is 4. The van der Waals surface area contributed by atoms with Gasteiger partial charge in [0.2, 0.25) is 0 Å². The van der Waals surface area contributed by atoms with Crippen LogP contribution in [0, 0.1) is 31.9 Å². The summed E-state index contributed by atoms with van der Waals surface area (Å²) >= 11 is 0. The average molecular weight is 619 g/mol. The Hall–Kier alpha value is -5.96. The summed E-state index contributed by atoms with van der Waals surface area (Å²) in [7, 11) is 3.44. The fourth-order valence-electron chi connectivity index (χ4n) is 4.74. The van der Waals surface area contributed by atoms with Crippen molar-refractivity contribution in [2.24, 2.45) is 14.1 Å². The molecule has 13 nitrogen and oxygen atoms in total. The van der Waals surface area contributed by atoms with E-state index in [4.69, 9.17) is 9.84 Å². The van der Waals surface area contributed by atoms with Crippen LogP contribution >= 0.6 is 0 Å². The Bertz CT molecular complexity index is 2090. The van der Waals surface area contributed by atoms with Gasteiger partial charge in [-0.25, -0.2) is 8.78 Å². The number of non-ortho nitro benzene ring substituents is 2. The van der Waals surface area contributed by atoms with Gasteiger partial charge in [-0.1, -0.05) is 0 Å². The van der Waals surface area contributed by atoms with Crippen molar-refractivity contribution in [3.63, 3.8) is 0 Å². The van der Waals surface area contributed by atoms with Gasteiger partial charge in [-0.2, -0.15) is 10.2 Å². The predicted octanol–water partition coefficient (Wildman–Crippen LogP) is 5.65. The number of nitro groups is 2. The number of nitrogens with zero attached hydrogens (tertiary/aromatic N) is 6. The number of aliphatic hydroxyl groups is 1. The lowest BCUT2D eigenvalue weighted by Gasteiger charge is -2.07. The molecule has 0 aliphatic heterocycles. The number of phenols is 1. The van der Waals surface area contributed by atoms with E-state index in [1.54, 1.807) is 35.6 Å². The lowest BCUT2D eigenvalue weighted by Crippen LogP contribution is -2.03. The van der Waals surface area contributed by atoms with Crippen LogP contribution in [-0.2, 0) is 14.1 Å². The molecule has 230 valence electrons. The molecule has 0 radical (unpaired) electrons. The highest BCUT2D eigenvalue weighted by Gasteiger charge is 2.18. The number of fused-ring (bicyclic) bond motifs is 2. The molecule has 6 aromatic rings. The highest BCUT2D eigenvalue weighted by Crippen LogP contribution is 2.34. The Morgan fingerprint density at radius 3 is 1.71 bits per heavy atom. The van der Waals surface area contributed by atoms with E-state index in [9.17, 15) is 34.1 Å². The van der Waals surface area contributed by atoms with Gasteiger partial charge in [0.1, 0.15) is 18.0 Å². The number of ether oxygens (including phenoxy) is 1. The minimum absolute atomic E-state index is 0.00853. The maximum Gasteiger partial charge on any atom is 0.270 e. The molecular formula is C30H24F2N6O7. The molecule has 0 saturated carbocycles. The molecule has 0 saturated heterocycles. The zero-order chi connectivity index (χ0) is 32.4. The van der Waals surface area contributed by atoms with Crippen LogP contribution in [0.5, 0.6) is 11.5 Å². The second kappa shape index (κ2) is 12.3. The van der Waals surface area contributed by atoms with Gasteiger partial charge in [0.05, 0.1) is 27.5 Å². The number of aliphatic hydroxyl groups excluding tert-OH is 1. The number of phenolic OH excluding ortho intramolecular Hbond substituents is 1. The molecule has 2 aromatic heterocycles. The summed E-state index contributed by atoms with van der Waals surface area (Å²) < 4.78 is 35.3. The van der Waals surface area contributed by atoms with Crippen molar-refractivity contribution >= 4 is 33.2 Å². The number of rotatable bonds is 7. The molecule has 0 unspecified atom stereocenters. The molecule has 45 heavy (non-hydrogen) atoms. The highest BCUT2D eigenvalue weighted by atomic mass is 19.1. The second-order valence-electron chi connectivity index (χ2n) is 9.75. The fourth-order valence-corrected chi connectivity index (χ4v) is 4.74. The smallest absolute Gasteiger partial charge is 0.270 e. The van der Waals surface area contributed by atoms with E-state index >= 15 is 0 Å². The molecular weight excluding hydrogens is 594 g/mol. The van der Waals surface area contributed by atoms with Gasteiger partial charge in [0, 0.05) is 60.3 Å². The van der Waals surface area contributed by atoms with E-state index in [0.717, 1.165) is 11.6 Å². The summed E-state index contributed by atoms with van der Waals surface area (Å²) in [6.07, 6.45) is 0. The molecule has 0 amide bonds. The third-order valence-electron chi connectivity index (χ3n) is 6.86. The van der Waals surface area contributed by atoms with Crippen molar-refractivity contribution in [3.05, 3.63) is 105 Å². The minimum atomic E-state index is -0.732. The van der Waals surface area contributed by atoms with Gasteiger partial charge in [-0.05, 0) is 48.5 Å². The van der Waals surface area contributed by atoms with Crippen molar-refractivity contribution in [2.45, 2.75) is 0 Å². The summed E-state index contributed by atoms with van der Waals surface area (Å²) in [5.74, 6) is -1.79. The SMILES string of the molecule is Cn1nc(-c2ccc(F)c(O)c2)c2cc([N+](=O)[O-])ccc21.Cn1nc(-c2ccc(F)c(OCCO)c2)c2cc([N+](=O)[O-])ccc21. The Labute approximate surface area is 252 Å². The first-order chi connectivity index (χ1) is 21.5. The number of aryl methyl sites for hydroxylation is 2. The zero-order valence-corrected chi connectivity index (χ0v) is 23.7. The van der Waals surface area contributed by atoms with Crippen LogP contribution < -0.4 is 4.74 Å². The monoisotopic (exact) mass is 618 g/mol. The third kappa shape index (κ3) is 6.09. The van der Waals surface area contributed by atoms with Crippen molar-refractivity contribution < 1.29 is 33.6 Å². The molecule has 0 aliphatic carbocycles. The summed E-state index contributed by atoms with van der Waals surface area (Å²) in [5, 5.41) is 50.0. The van der Waals surface area contributed by atoms with Gasteiger partial charge in [0.15, 0.2) is 23.1 Å². The summed E-state index contributed by atoms with van der Waals surface area (Å²) in [4.78, 5) is 20.9. The lowest BCUT2D eigenvalue weighted by atomic mass is 10.1. The molecule has 2 N–H and O–H groups in total. The maximum atomic E-state index is 13.8. The van der Waals surface area contributed by atoms with Crippen LogP contribution in [0.25, 0.3) is 44.3 Å². The normalized spacial score (nSPS) is 11.0. The Morgan fingerprint density at radius 1 is 0.756 bits per heavy atom. The average Bonchev–Trinajstić information content (AvgIpc) is 3.54. The molecule has 0 aliphatic rings. The first-order valence-corrected chi connectivity index (χ1v) is 13.2. The molecule has 0 bridgehead atoms. The van der Waals surface area contributed by atoms with Crippen LogP contribution in [0.15, 0.2) is 72.8 Å². The van der Waals surface area contributed by atoms with Crippen LogP contribution in [0.4, 0.5) is 20.2 Å². The topological polar surface area (TPSA) is 172 Å². The Morgan fingerprint density at radius 2 is 1.24 bits per heavy atom. The van der Waals surface area contributed by atoms with Crippen molar-refractivity contribution in [1.29, 1.82) is 0 Å². The Balaban J connectivity index is 0.000000179. The summed E-state index contributed by atoms with van der Waals surface area (Å²) in [5.41, 5.74) is 3.32. The van der Waals surface area contributed by atoms with Gasteiger partial charge < -0.3 is 14.9 Å². The molecule has 0 fully saturated rings. The summed E-state index contributed by atoms with van der Waals surface area (Å²) in [6.45, 7) is -0.267. The van der Waals surface area contributed by atoms with Crippen molar-refractivity contribution in [1.82, 2.24) is 19.6 Å². The van der Waals surface area contributed by atoms with Crippen LogP contribution in [-0.4, -0.2) is 52.8 Å².